The Morgan fingerprint density at radius 3 is 2.83 bits per heavy atom. The van der Waals surface area contributed by atoms with Gasteiger partial charge in [0.1, 0.15) is 0 Å². The number of anilines is 2. The van der Waals surface area contributed by atoms with Crippen molar-refractivity contribution in [3.63, 3.8) is 0 Å². The number of amides is 2. The van der Waals surface area contributed by atoms with Gasteiger partial charge in [0, 0.05) is 16.7 Å². The summed E-state index contributed by atoms with van der Waals surface area (Å²) in [7, 11) is 0. The minimum Gasteiger partial charge on any atom is -0.359 e. The van der Waals surface area contributed by atoms with Crippen molar-refractivity contribution < 1.29 is 9.59 Å². The Morgan fingerprint density at radius 2 is 2.20 bits per heavy atom. The molecule has 9 nitrogen and oxygen atoms in total. The van der Waals surface area contributed by atoms with E-state index >= 15 is 0 Å². The average molecular weight is 474 g/mol. The predicted octanol–water partition coefficient (Wildman–Crippen LogP) is 3.39. The first kappa shape index (κ1) is 21.8. The summed E-state index contributed by atoms with van der Waals surface area (Å²) in [6.45, 7) is 5.11. The molecule has 3 heterocycles. The molecule has 0 spiro atoms. The number of hydrogen-bond donors (Lipinski definition) is 4. The van der Waals surface area contributed by atoms with Crippen molar-refractivity contribution in [1.29, 1.82) is 5.53 Å². The lowest BCUT2D eigenvalue weighted by Crippen LogP contribution is -2.35. The molecule has 2 aliphatic heterocycles. The molecule has 0 radical (unpaired) electrons. The number of pyridine rings is 1. The maximum Gasteiger partial charge on any atom is 0.278 e. The van der Waals surface area contributed by atoms with Gasteiger partial charge < -0.3 is 16.0 Å². The number of rotatable bonds is 6. The normalized spacial score (nSPS) is 20.2. The number of allylic oxidation sites excluding steroid dienone is 3. The molecule has 1 fully saturated rings. The number of aromatic nitrogens is 1. The van der Waals surface area contributed by atoms with Gasteiger partial charge in [-0.3, -0.25) is 19.5 Å². The van der Waals surface area contributed by atoms with Gasteiger partial charge >= 0.3 is 0 Å². The van der Waals surface area contributed by atoms with Crippen molar-refractivity contribution in [2.45, 2.75) is 32.7 Å². The molecule has 0 bridgehead atoms. The van der Waals surface area contributed by atoms with Gasteiger partial charge in [-0.25, -0.2) is 5.53 Å². The van der Waals surface area contributed by atoms with E-state index in [9.17, 15) is 9.59 Å². The molecule has 3 rings (SSSR count). The third kappa shape index (κ3) is 5.39. The quantitative estimate of drug-likeness (QED) is 0.372. The van der Waals surface area contributed by atoms with E-state index in [-0.39, 0.29) is 11.6 Å². The molecule has 1 saturated heterocycles. The topological polar surface area (TPSA) is 123 Å². The third-order valence-electron chi connectivity index (χ3n) is 5.01. The fourth-order valence-electron chi connectivity index (χ4n) is 3.31. The Hall–Kier alpha value is -2.85. The largest absolute Gasteiger partial charge is 0.359 e. The smallest absolute Gasteiger partial charge is 0.278 e. The van der Waals surface area contributed by atoms with Crippen molar-refractivity contribution in [1.82, 2.24) is 15.2 Å². The van der Waals surface area contributed by atoms with Gasteiger partial charge in [0.2, 0.25) is 5.91 Å². The van der Waals surface area contributed by atoms with E-state index in [0.29, 0.717) is 35.4 Å². The Bertz CT molecular complexity index is 954. The van der Waals surface area contributed by atoms with Crippen molar-refractivity contribution in [3.8, 4) is 0 Å². The zero-order valence-corrected chi connectivity index (χ0v) is 18.4. The van der Waals surface area contributed by atoms with Gasteiger partial charge in [-0.2, -0.15) is 5.11 Å². The monoisotopic (exact) mass is 473 g/mol. The third-order valence-corrected chi connectivity index (χ3v) is 5.51. The summed E-state index contributed by atoms with van der Waals surface area (Å²) < 4.78 is 0.808. The van der Waals surface area contributed by atoms with Crippen LogP contribution in [0, 0.1) is 12.5 Å². The summed E-state index contributed by atoms with van der Waals surface area (Å²) in [5, 5.41) is 11.8. The molecule has 1 atom stereocenters. The van der Waals surface area contributed by atoms with E-state index in [1.807, 2.05) is 0 Å². The summed E-state index contributed by atoms with van der Waals surface area (Å²) in [4.78, 5) is 31.4. The standard InChI is InChI=1S/C20H24BrN7O2/c1-12-4-3-7-28(12)11-18(29)25-15-8-17(13(2)23-10-15)26-20(30)19(27-22)16-6-5-14(21)9-24-16/h5-6,8-10,12,22,24H,3-4,7,11H2,1-2H3,(H,25,29)(H,26,30)/b19-16-,27-22?/t12-/m0/s1. The fraction of sp³-hybridized carbons (Fsp3) is 0.350. The lowest BCUT2D eigenvalue weighted by atomic mass is 10.2. The van der Waals surface area contributed by atoms with Crippen LogP contribution >= 0.6 is 15.9 Å². The van der Waals surface area contributed by atoms with Crippen molar-refractivity contribution in [2.24, 2.45) is 5.11 Å². The number of halogens is 1. The number of hydrogen-bond acceptors (Lipinski definition) is 7. The Morgan fingerprint density at radius 1 is 1.40 bits per heavy atom. The maximum absolute atomic E-state index is 12.7. The van der Waals surface area contributed by atoms with Gasteiger partial charge in [0.15, 0.2) is 5.70 Å². The molecule has 1 aromatic rings. The fourth-order valence-corrected chi connectivity index (χ4v) is 3.56. The van der Waals surface area contributed by atoms with Crippen LogP contribution in [0.15, 0.2) is 51.6 Å². The van der Waals surface area contributed by atoms with Gasteiger partial charge in [0.25, 0.3) is 5.91 Å². The molecule has 0 aromatic carbocycles. The summed E-state index contributed by atoms with van der Waals surface area (Å²) in [5.74, 6) is -0.674. The molecule has 2 amide bonds. The number of nitrogens with zero attached hydrogens (tertiary/aromatic N) is 3. The van der Waals surface area contributed by atoms with E-state index in [1.165, 1.54) is 0 Å². The Balaban J connectivity index is 1.69. The van der Waals surface area contributed by atoms with E-state index in [4.69, 9.17) is 5.53 Å². The van der Waals surface area contributed by atoms with Gasteiger partial charge in [0.05, 0.1) is 35.5 Å². The van der Waals surface area contributed by atoms with Crippen molar-refractivity contribution >= 4 is 39.1 Å². The molecule has 4 N–H and O–H groups in total. The second-order valence-electron chi connectivity index (χ2n) is 7.20. The highest BCUT2D eigenvalue weighted by atomic mass is 79.9. The summed E-state index contributed by atoms with van der Waals surface area (Å²) in [6, 6.07) is 2.05. The average Bonchev–Trinajstić information content (AvgIpc) is 3.11. The molecule has 0 saturated carbocycles. The van der Waals surface area contributed by atoms with Gasteiger partial charge in [-0.05, 0) is 67.4 Å². The van der Waals surface area contributed by atoms with E-state index in [1.54, 1.807) is 37.5 Å². The molecule has 0 aliphatic carbocycles. The number of carbonyl (C=O) groups is 2. The summed E-state index contributed by atoms with van der Waals surface area (Å²) in [5.41, 5.74) is 9.22. The van der Waals surface area contributed by atoms with Crippen molar-refractivity contribution in [3.05, 3.63) is 52.2 Å². The predicted molar refractivity (Wildman–Crippen MR) is 118 cm³/mol. The lowest BCUT2D eigenvalue weighted by molar-refractivity contribution is -0.117. The zero-order valence-electron chi connectivity index (χ0n) is 16.8. The van der Waals surface area contributed by atoms with Gasteiger partial charge in [-0.15, -0.1) is 0 Å². The molecule has 0 unspecified atom stereocenters. The number of carbonyl (C=O) groups excluding carboxylic acids is 2. The number of likely N-dealkylation sites (tertiary alicyclic amines) is 1. The second-order valence-corrected chi connectivity index (χ2v) is 8.12. The first-order valence-corrected chi connectivity index (χ1v) is 10.4. The molecule has 158 valence electrons. The Labute approximate surface area is 183 Å². The molecule has 30 heavy (non-hydrogen) atoms. The van der Waals surface area contributed by atoms with E-state index in [0.717, 1.165) is 23.9 Å². The molecule has 10 heteroatoms. The minimum absolute atomic E-state index is 0.0700. The van der Waals surface area contributed by atoms with Crippen LogP contribution in [0.4, 0.5) is 11.4 Å². The Kier molecular flexibility index (Phi) is 7.11. The summed E-state index contributed by atoms with van der Waals surface area (Å²) >= 11 is 3.31. The van der Waals surface area contributed by atoms with Crippen LogP contribution < -0.4 is 16.0 Å². The lowest BCUT2D eigenvalue weighted by Gasteiger charge is -2.20. The van der Waals surface area contributed by atoms with Crippen LogP contribution in [0.5, 0.6) is 0 Å². The van der Waals surface area contributed by atoms with E-state index in [2.05, 4.69) is 53.8 Å². The van der Waals surface area contributed by atoms with Crippen molar-refractivity contribution in [2.75, 3.05) is 23.7 Å². The highest BCUT2D eigenvalue weighted by Gasteiger charge is 2.22. The van der Waals surface area contributed by atoms with Crippen LogP contribution in [0.1, 0.15) is 25.5 Å². The molecule has 2 aliphatic rings. The van der Waals surface area contributed by atoms with E-state index < -0.39 is 5.91 Å². The van der Waals surface area contributed by atoms with Crippen LogP contribution in [-0.2, 0) is 9.59 Å². The maximum atomic E-state index is 12.7. The molecule has 1 aromatic heterocycles. The minimum atomic E-state index is -0.553. The zero-order chi connectivity index (χ0) is 21.7. The molecular formula is C20H24BrN7O2. The highest BCUT2D eigenvalue weighted by molar-refractivity contribution is 9.11. The highest BCUT2D eigenvalue weighted by Crippen LogP contribution is 2.21. The summed E-state index contributed by atoms with van der Waals surface area (Å²) in [6.07, 6.45) is 8.81. The number of nitrogens with one attached hydrogen (secondary N) is 4. The number of dihydropyridines is 1. The second kappa shape index (κ2) is 9.77. The number of aryl methyl sites for hydroxylation is 1. The first-order chi connectivity index (χ1) is 14.4. The first-order valence-electron chi connectivity index (χ1n) is 9.61. The van der Waals surface area contributed by atoms with Crippen LogP contribution in [0.2, 0.25) is 0 Å². The van der Waals surface area contributed by atoms with Crippen LogP contribution in [0.3, 0.4) is 0 Å². The van der Waals surface area contributed by atoms with Crippen LogP contribution in [0.25, 0.3) is 0 Å². The molecular weight excluding hydrogens is 450 g/mol. The SMILES string of the molecule is Cc1ncc(NC(=O)CN2CCC[C@@H]2C)cc1NC(=O)/C(N=N)=C1\C=CC(Br)=CN1. The van der Waals surface area contributed by atoms with Gasteiger partial charge in [-0.1, -0.05) is 0 Å². The van der Waals surface area contributed by atoms with Crippen LogP contribution in [-0.4, -0.2) is 40.8 Å².